The summed E-state index contributed by atoms with van der Waals surface area (Å²) >= 11 is 0. The molecule has 3 rings (SSSR count). The number of ether oxygens (including phenoxy) is 3. The van der Waals surface area contributed by atoms with Crippen LogP contribution in [0.5, 0.6) is 5.75 Å². The minimum absolute atomic E-state index is 0.193. The summed E-state index contributed by atoms with van der Waals surface area (Å²) in [6.07, 6.45) is 1.28. The van der Waals surface area contributed by atoms with Crippen LogP contribution in [0.3, 0.4) is 0 Å². The Morgan fingerprint density at radius 3 is 2.03 bits per heavy atom. The maximum Gasteiger partial charge on any atom is 0.344 e. The average molecular weight is 542 g/mol. The molecule has 0 aliphatic rings. The highest BCUT2D eigenvalue weighted by Gasteiger charge is 2.27. The van der Waals surface area contributed by atoms with E-state index in [1.165, 1.54) is 7.11 Å². The molecule has 38 heavy (non-hydrogen) atoms. The summed E-state index contributed by atoms with van der Waals surface area (Å²) in [6, 6.07) is 23.7. The van der Waals surface area contributed by atoms with E-state index in [0.29, 0.717) is 16.9 Å². The van der Waals surface area contributed by atoms with Gasteiger partial charge in [-0.1, -0.05) is 67.6 Å². The summed E-state index contributed by atoms with van der Waals surface area (Å²) in [5.41, 5.74) is 8.25. The third-order valence-corrected chi connectivity index (χ3v) is 6.85. The van der Waals surface area contributed by atoms with Crippen LogP contribution in [-0.4, -0.2) is 51.5 Å². The quantitative estimate of drug-likeness (QED) is 0.385. The number of amides is 1. The molecule has 10 heteroatoms. The highest BCUT2D eigenvalue weighted by Crippen LogP contribution is 2.28. The Kier molecular flexibility index (Phi) is 11.5. The standard InChI is InChI=1S/C22H19NO4.C6H12O4S/c23-22(25)19-12-11-18(13-20(19)17-9-5-2-6-10-17)26-15-21(24)27-14-16-7-3-1-4-8-16;1-4-5(6(7)10-2)11(3,8)9/h1-13H,14-15H2,(H2,23,25);5H,4H2,1-3H3. The largest absolute Gasteiger partial charge is 0.482 e. The molecule has 202 valence electrons. The highest BCUT2D eigenvalue weighted by atomic mass is 32.2. The lowest BCUT2D eigenvalue weighted by Gasteiger charge is -2.11. The molecule has 2 N–H and O–H groups in total. The van der Waals surface area contributed by atoms with E-state index in [9.17, 15) is 22.8 Å². The number of rotatable bonds is 10. The van der Waals surface area contributed by atoms with Crippen molar-refractivity contribution in [1.29, 1.82) is 0 Å². The first-order valence-corrected chi connectivity index (χ1v) is 13.6. The van der Waals surface area contributed by atoms with E-state index in [1.807, 2.05) is 60.7 Å². The van der Waals surface area contributed by atoms with Crippen LogP contribution in [-0.2, 0) is 35.5 Å². The minimum Gasteiger partial charge on any atom is -0.482 e. The molecule has 0 saturated heterocycles. The van der Waals surface area contributed by atoms with Crippen LogP contribution in [0.1, 0.15) is 29.3 Å². The van der Waals surface area contributed by atoms with Crippen molar-refractivity contribution in [3.63, 3.8) is 0 Å². The summed E-state index contributed by atoms with van der Waals surface area (Å²) < 4.78 is 36.8. The molecule has 0 saturated carbocycles. The number of primary amides is 1. The van der Waals surface area contributed by atoms with Crippen molar-refractivity contribution in [3.8, 4) is 16.9 Å². The van der Waals surface area contributed by atoms with Gasteiger partial charge in [0.05, 0.1) is 7.11 Å². The molecule has 0 aliphatic carbocycles. The maximum absolute atomic E-state index is 11.9. The van der Waals surface area contributed by atoms with Crippen molar-refractivity contribution in [2.24, 2.45) is 5.73 Å². The Bertz CT molecular complexity index is 1330. The first kappa shape index (κ1) is 30.0. The second kappa shape index (κ2) is 14.5. The number of methoxy groups -OCH3 is 1. The molecule has 0 heterocycles. The molecule has 3 aromatic rings. The second-order valence-corrected chi connectivity index (χ2v) is 10.4. The lowest BCUT2D eigenvalue weighted by molar-refractivity contribution is -0.147. The molecule has 1 unspecified atom stereocenters. The Morgan fingerprint density at radius 2 is 1.53 bits per heavy atom. The summed E-state index contributed by atoms with van der Waals surface area (Å²) in [6.45, 7) is 1.60. The fourth-order valence-corrected chi connectivity index (χ4v) is 4.43. The molecular formula is C28H31NO8S. The van der Waals surface area contributed by atoms with Gasteiger partial charge in [-0.2, -0.15) is 0 Å². The third kappa shape index (κ3) is 9.36. The van der Waals surface area contributed by atoms with Crippen LogP contribution in [0.25, 0.3) is 11.1 Å². The van der Waals surface area contributed by atoms with Gasteiger partial charge in [0.1, 0.15) is 12.4 Å². The zero-order valence-electron chi connectivity index (χ0n) is 21.5. The number of nitrogens with two attached hydrogens (primary N) is 1. The van der Waals surface area contributed by atoms with Crippen LogP contribution < -0.4 is 10.5 Å². The van der Waals surface area contributed by atoms with E-state index in [4.69, 9.17) is 15.2 Å². The fourth-order valence-electron chi connectivity index (χ4n) is 3.38. The van der Waals surface area contributed by atoms with Gasteiger partial charge in [-0.15, -0.1) is 0 Å². The number of hydrogen-bond donors (Lipinski definition) is 1. The topological polar surface area (TPSA) is 139 Å². The molecule has 0 aromatic heterocycles. The first-order valence-electron chi connectivity index (χ1n) is 11.6. The number of hydrogen-bond acceptors (Lipinski definition) is 8. The predicted octanol–water partition coefficient (Wildman–Crippen LogP) is 3.56. The fraction of sp³-hybridized carbons (Fsp3) is 0.250. The van der Waals surface area contributed by atoms with E-state index in [0.717, 1.165) is 17.4 Å². The van der Waals surface area contributed by atoms with Gasteiger partial charge in [0.25, 0.3) is 0 Å². The van der Waals surface area contributed by atoms with Gasteiger partial charge in [0.15, 0.2) is 21.7 Å². The monoisotopic (exact) mass is 541 g/mol. The van der Waals surface area contributed by atoms with Gasteiger partial charge in [0, 0.05) is 11.8 Å². The normalized spacial score (nSPS) is 11.3. The Morgan fingerprint density at radius 1 is 0.921 bits per heavy atom. The van der Waals surface area contributed by atoms with Crippen molar-refractivity contribution in [2.75, 3.05) is 20.0 Å². The summed E-state index contributed by atoms with van der Waals surface area (Å²) in [5, 5.41) is -1.01. The SMILES string of the molecule is CCC(C(=O)OC)S(C)(=O)=O.NC(=O)c1ccc(OCC(=O)OCc2ccccc2)cc1-c1ccccc1. The van der Waals surface area contributed by atoms with E-state index < -0.39 is 32.9 Å². The van der Waals surface area contributed by atoms with Crippen LogP contribution >= 0.6 is 0 Å². The number of carbonyl (C=O) groups is 3. The zero-order chi connectivity index (χ0) is 28.1. The van der Waals surface area contributed by atoms with Crippen molar-refractivity contribution >= 4 is 27.7 Å². The zero-order valence-corrected chi connectivity index (χ0v) is 22.3. The van der Waals surface area contributed by atoms with E-state index in [-0.39, 0.29) is 19.6 Å². The molecule has 0 fully saturated rings. The van der Waals surface area contributed by atoms with Gasteiger partial charge in [0.2, 0.25) is 5.91 Å². The Balaban J connectivity index is 0.000000391. The lowest BCUT2D eigenvalue weighted by atomic mass is 9.99. The van der Waals surface area contributed by atoms with Crippen LogP contribution in [0.2, 0.25) is 0 Å². The van der Waals surface area contributed by atoms with E-state index in [1.54, 1.807) is 25.1 Å². The van der Waals surface area contributed by atoms with Gasteiger partial charge in [-0.05, 0) is 41.3 Å². The van der Waals surface area contributed by atoms with Crippen LogP contribution in [0.15, 0.2) is 78.9 Å². The number of sulfone groups is 1. The van der Waals surface area contributed by atoms with Gasteiger partial charge < -0.3 is 19.9 Å². The second-order valence-electron chi connectivity index (χ2n) is 8.12. The molecule has 3 aromatic carbocycles. The van der Waals surface area contributed by atoms with Gasteiger partial charge >= 0.3 is 11.9 Å². The molecule has 9 nitrogen and oxygen atoms in total. The predicted molar refractivity (Wildman–Crippen MR) is 143 cm³/mol. The number of carbonyl (C=O) groups excluding carboxylic acids is 3. The smallest absolute Gasteiger partial charge is 0.344 e. The molecule has 0 radical (unpaired) electrons. The maximum atomic E-state index is 11.9. The van der Waals surface area contributed by atoms with Crippen LogP contribution in [0.4, 0.5) is 0 Å². The lowest BCUT2D eigenvalue weighted by Crippen LogP contribution is -2.29. The summed E-state index contributed by atoms with van der Waals surface area (Å²) in [4.78, 5) is 34.4. The van der Waals surface area contributed by atoms with Crippen molar-refractivity contribution < 1.29 is 37.0 Å². The third-order valence-electron chi connectivity index (χ3n) is 5.29. The Hall–Kier alpha value is -4.18. The van der Waals surface area contributed by atoms with Crippen molar-refractivity contribution in [2.45, 2.75) is 25.2 Å². The molecule has 0 bridgehead atoms. The van der Waals surface area contributed by atoms with Gasteiger partial charge in [-0.25, -0.2) is 13.2 Å². The summed E-state index contributed by atoms with van der Waals surface area (Å²) in [5.74, 6) is -1.23. The molecule has 0 spiro atoms. The van der Waals surface area contributed by atoms with E-state index >= 15 is 0 Å². The number of benzene rings is 3. The average Bonchev–Trinajstić information content (AvgIpc) is 2.91. The molecular weight excluding hydrogens is 510 g/mol. The summed E-state index contributed by atoms with van der Waals surface area (Å²) in [7, 11) is -2.12. The van der Waals surface area contributed by atoms with Crippen molar-refractivity contribution in [3.05, 3.63) is 90.0 Å². The number of esters is 2. The first-order chi connectivity index (χ1) is 18.1. The highest BCUT2D eigenvalue weighted by molar-refractivity contribution is 7.92. The van der Waals surface area contributed by atoms with Crippen molar-refractivity contribution in [1.82, 2.24) is 0 Å². The molecule has 1 atom stereocenters. The van der Waals surface area contributed by atoms with E-state index in [2.05, 4.69) is 4.74 Å². The van der Waals surface area contributed by atoms with Crippen LogP contribution in [0, 0.1) is 0 Å². The van der Waals surface area contributed by atoms with Gasteiger partial charge in [-0.3, -0.25) is 9.59 Å². The molecule has 1 amide bonds. The molecule has 0 aliphatic heterocycles. The Labute approximate surface area is 222 Å². The minimum atomic E-state index is -3.30.